The van der Waals surface area contributed by atoms with E-state index in [1.807, 2.05) is 0 Å². The third-order valence-electron chi connectivity index (χ3n) is 2.45. The summed E-state index contributed by atoms with van der Waals surface area (Å²) in [6.07, 6.45) is 1.32. The molecule has 0 fully saturated rings. The molecule has 0 atom stereocenters. The van der Waals surface area contributed by atoms with Gasteiger partial charge in [0.25, 0.3) is 0 Å². The number of hydrogen-bond acceptors (Lipinski definition) is 3. The van der Waals surface area contributed by atoms with E-state index in [-0.39, 0.29) is 12.5 Å². The first-order valence-electron chi connectivity index (χ1n) is 6.02. The highest BCUT2D eigenvalue weighted by Crippen LogP contribution is 2.14. The van der Waals surface area contributed by atoms with Crippen molar-refractivity contribution in [2.75, 3.05) is 19.0 Å². The maximum atomic E-state index is 11.5. The molecule has 0 aliphatic rings. The van der Waals surface area contributed by atoms with Crippen LogP contribution < -0.4 is 15.4 Å². The van der Waals surface area contributed by atoms with Crippen LogP contribution in [0.25, 0.3) is 0 Å². The molecule has 0 aliphatic carbocycles. The van der Waals surface area contributed by atoms with E-state index < -0.39 is 5.97 Å². The van der Waals surface area contributed by atoms with Crippen LogP contribution in [0.3, 0.4) is 0 Å². The van der Waals surface area contributed by atoms with Gasteiger partial charge in [0.05, 0.1) is 7.11 Å². The fraction of sp³-hybridized carbons (Fsp3) is 0.385. The molecule has 0 saturated carbocycles. The summed E-state index contributed by atoms with van der Waals surface area (Å²) in [7, 11) is 1.58. The van der Waals surface area contributed by atoms with Crippen LogP contribution in [-0.2, 0) is 4.79 Å². The van der Waals surface area contributed by atoms with E-state index in [2.05, 4.69) is 10.6 Å². The van der Waals surface area contributed by atoms with Crippen molar-refractivity contribution in [3.05, 3.63) is 24.3 Å². The zero-order valence-corrected chi connectivity index (χ0v) is 10.8. The molecule has 0 aliphatic heterocycles. The van der Waals surface area contributed by atoms with E-state index in [1.54, 1.807) is 31.4 Å². The van der Waals surface area contributed by atoms with E-state index in [4.69, 9.17) is 9.84 Å². The monoisotopic (exact) mass is 266 g/mol. The van der Waals surface area contributed by atoms with Crippen LogP contribution >= 0.6 is 0 Å². The average molecular weight is 266 g/mol. The van der Waals surface area contributed by atoms with Gasteiger partial charge in [-0.25, -0.2) is 4.79 Å². The van der Waals surface area contributed by atoms with Gasteiger partial charge in [-0.2, -0.15) is 0 Å². The molecule has 1 rings (SSSR count). The molecule has 0 spiro atoms. The number of aliphatic carboxylic acids is 1. The van der Waals surface area contributed by atoms with E-state index in [0.717, 1.165) is 5.75 Å². The summed E-state index contributed by atoms with van der Waals surface area (Å²) in [5.74, 6) is -0.0951. The van der Waals surface area contributed by atoms with Gasteiger partial charge < -0.3 is 20.5 Å². The molecule has 2 amide bonds. The predicted molar refractivity (Wildman–Crippen MR) is 71.5 cm³/mol. The van der Waals surface area contributed by atoms with Crippen molar-refractivity contribution < 1.29 is 19.4 Å². The van der Waals surface area contributed by atoms with Crippen LogP contribution in [0.2, 0.25) is 0 Å². The normalized spacial score (nSPS) is 9.74. The fourth-order valence-corrected chi connectivity index (χ4v) is 1.45. The number of carbonyl (C=O) groups excluding carboxylic acids is 1. The zero-order chi connectivity index (χ0) is 14.1. The number of benzene rings is 1. The SMILES string of the molecule is COc1ccc(NC(=O)NCCCCC(=O)O)cc1. The number of carboxylic acid groups (broad SMARTS) is 1. The summed E-state index contributed by atoms with van der Waals surface area (Å²) in [6, 6.07) is 6.68. The van der Waals surface area contributed by atoms with Gasteiger partial charge in [-0.3, -0.25) is 4.79 Å². The molecule has 19 heavy (non-hydrogen) atoms. The summed E-state index contributed by atoms with van der Waals surface area (Å²) < 4.78 is 5.01. The lowest BCUT2D eigenvalue weighted by atomic mass is 10.2. The van der Waals surface area contributed by atoms with Gasteiger partial charge in [0.2, 0.25) is 0 Å². The number of urea groups is 1. The highest BCUT2D eigenvalue weighted by molar-refractivity contribution is 5.89. The van der Waals surface area contributed by atoms with Gasteiger partial charge in [-0.1, -0.05) is 0 Å². The number of rotatable bonds is 7. The molecule has 0 saturated heterocycles. The molecule has 0 aromatic heterocycles. The second kappa shape index (κ2) is 7.97. The van der Waals surface area contributed by atoms with Crippen molar-refractivity contribution in [1.29, 1.82) is 0 Å². The van der Waals surface area contributed by atoms with E-state index >= 15 is 0 Å². The summed E-state index contributed by atoms with van der Waals surface area (Å²) >= 11 is 0. The summed E-state index contributed by atoms with van der Waals surface area (Å²) in [6.45, 7) is 0.454. The molecular formula is C13H18N2O4. The van der Waals surface area contributed by atoms with Gasteiger partial charge in [-0.15, -0.1) is 0 Å². The van der Waals surface area contributed by atoms with Crippen molar-refractivity contribution in [1.82, 2.24) is 5.32 Å². The largest absolute Gasteiger partial charge is 0.497 e. The standard InChI is InChI=1S/C13H18N2O4/c1-19-11-7-5-10(6-8-11)15-13(18)14-9-3-2-4-12(16)17/h5-8H,2-4,9H2,1H3,(H,16,17)(H2,14,15,18). The Kier molecular flexibility index (Phi) is 6.21. The van der Waals surface area contributed by atoms with E-state index in [9.17, 15) is 9.59 Å². The molecular weight excluding hydrogens is 248 g/mol. The molecule has 6 nitrogen and oxygen atoms in total. The van der Waals surface area contributed by atoms with Crippen molar-refractivity contribution in [3.63, 3.8) is 0 Å². The molecule has 0 bridgehead atoms. The lowest BCUT2D eigenvalue weighted by Crippen LogP contribution is -2.29. The molecule has 0 heterocycles. The minimum absolute atomic E-state index is 0.127. The topological polar surface area (TPSA) is 87.7 Å². The molecule has 6 heteroatoms. The Morgan fingerprint density at radius 1 is 1.21 bits per heavy atom. The van der Waals surface area contributed by atoms with Gasteiger partial charge in [-0.05, 0) is 37.1 Å². The predicted octanol–water partition coefficient (Wildman–Crippen LogP) is 2.07. The number of carbonyl (C=O) groups is 2. The van der Waals surface area contributed by atoms with Gasteiger partial charge in [0.1, 0.15) is 5.75 Å². The zero-order valence-electron chi connectivity index (χ0n) is 10.8. The van der Waals surface area contributed by atoms with Crippen molar-refractivity contribution in [2.45, 2.75) is 19.3 Å². The maximum absolute atomic E-state index is 11.5. The highest BCUT2D eigenvalue weighted by Gasteiger charge is 2.02. The number of ether oxygens (including phenoxy) is 1. The molecule has 1 aromatic carbocycles. The average Bonchev–Trinajstić information content (AvgIpc) is 2.39. The second-order valence-electron chi connectivity index (χ2n) is 3.96. The Morgan fingerprint density at radius 3 is 2.47 bits per heavy atom. The number of methoxy groups -OCH3 is 1. The fourth-order valence-electron chi connectivity index (χ4n) is 1.45. The Bertz CT molecular complexity index is 417. The molecule has 104 valence electrons. The summed E-state index contributed by atoms with van der Waals surface area (Å²) in [5, 5.41) is 13.8. The highest BCUT2D eigenvalue weighted by atomic mass is 16.5. The second-order valence-corrected chi connectivity index (χ2v) is 3.96. The van der Waals surface area contributed by atoms with Crippen LogP contribution in [0.15, 0.2) is 24.3 Å². The van der Waals surface area contributed by atoms with Gasteiger partial charge >= 0.3 is 12.0 Å². The lowest BCUT2D eigenvalue weighted by Gasteiger charge is -2.07. The number of hydrogen-bond donors (Lipinski definition) is 3. The van der Waals surface area contributed by atoms with Crippen molar-refractivity contribution >= 4 is 17.7 Å². The Morgan fingerprint density at radius 2 is 1.89 bits per heavy atom. The molecule has 0 radical (unpaired) electrons. The third kappa shape index (κ3) is 6.30. The van der Waals surface area contributed by atoms with Crippen LogP contribution in [0.4, 0.5) is 10.5 Å². The summed E-state index contributed by atoms with van der Waals surface area (Å²) in [4.78, 5) is 21.8. The number of unbranched alkanes of at least 4 members (excludes halogenated alkanes) is 1. The third-order valence-corrected chi connectivity index (χ3v) is 2.45. The van der Waals surface area contributed by atoms with Gasteiger partial charge in [0.15, 0.2) is 0 Å². The van der Waals surface area contributed by atoms with Crippen LogP contribution in [0.5, 0.6) is 5.75 Å². The smallest absolute Gasteiger partial charge is 0.319 e. The quantitative estimate of drug-likeness (QED) is 0.659. The van der Waals surface area contributed by atoms with Crippen LogP contribution in [0, 0.1) is 0 Å². The Hall–Kier alpha value is -2.24. The van der Waals surface area contributed by atoms with Crippen LogP contribution in [-0.4, -0.2) is 30.8 Å². The van der Waals surface area contributed by atoms with Crippen LogP contribution in [0.1, 0.15) is 19.3 Å². The number of carboxylic acids is 1. The van der Waals surface area contributed by atoms with E-state index in [0.29, 0.717) is 25.1 Å². The first-order valence-corrected chi connectivity index (χ1v) is 6.02. The number of amides is 2. The number of anilines is 1. The minimum Gasteiger partial charge on any atom is -0.497 e. The van der Waals surface area contributed by atoms with E-state index in [1.165, 1.54) is 0 Å². The van der Waals surface area contributed by atoms with Gasteiger partial charge in [0, 0.05) is 18.7 Å². The summed E-state index contributed by atoms with van der Waals surface area (Å²) in [5.41, 5.74) is 0.670. The number of nitrogens with one attached hydrogen (secondary N) is 2. The minimum atomic E-state index is -0.817. The first-order chi connectivity index (χ1) is 9.11. The maximum Gasteiger partial charge on any atom is 0.319 e. The first kappa shape index (κ1) is 14.8. The van der Waals surface area contributed by atoms with Crippen molar-refractivity contribution in [3.8, 4) is 5.75 Å². The molecule has 1 aromatic rings. The van der Waals surface area contributed by atoms with Crippen molar-refractivity contribution in [2.24, 2.45) is 0 Å². The Labute approximate surface area is 111 Å². The molecule has 0 unspecified atom stereocenters. The Balaban J connectivity index is 2.21. The lowest BCUT2D eigenvalue weighted by molar-refractivity contribution is -0.137. The molecule has 3 N–H and O–H groups in total.